The summed E-state index contributed by atoms with van der Waals surface area (Å²) in [6.07, 6.45) is 1.41. The van der Waals surface area contributed by atoms with Gasteiger partial charge in [-0.2, -0.15) is 4.31 Å². The number of hydrogen-bond acceptors (Lipinski definition) is 10. The smallest absolute Gasteiger partial charge is 0.288 e. The van der Waals surface area contributed by atoms with Gasteiger partial charge in [-0.1, -0.05) is 36.4 Å². The molecule has 0 unspecified atom stereocenters. The van der Waals surface area contributed by atoms with Crippen LogP contribution < -0.4 is 14.2 Å². The second-order valence-electron chi connectivity index (χ2n) is 11.8. The van der Waals surface area contributed by atoms with Gasteiger partial charge < -0.3 is 33.7 Å². The average molecular weight is 680 g/mol. The number of sulfonamides is 1. The first kappa shape index (κ1) is 33.7. The fourth-order valence-electron chi connectivity index (χ4n) is 6.04. The molecule has 0 bridgehead atoms. The predicted molar refractivity (Wildman–Crippen MR) is 176 cm³/mol. The van der Waals surface area contributed by atoms with Crippen LogP contribution in [0.1, 0.15) is 23.5 Å². The molecule has 13 heteroatoms. The van der Waals surface area contributed by atoms with Crippen molar-refractivity contribution in [2.45, 2.75) is 30.1 Å². The molecular formula is C35H41N3O9S. The summed E-state index contributed by atoms with van der Waals surface area (Å²) in [5.41, 5.74) is 2.15. The number of nitrogens with zero attached hydrogens (tertiary/aromatic N) is 3. The lowest BCUT2D eigenvalue weighted by molar-refractivity contribution is -0.154. The Hall–Kier alpha value is -4.14. The van der Waals surface area contributed by atoms with Gasteiger partial charge in [0.1, 0.15) is 5.75 Å². The van der Waals surface area contributed by atoms with Gasteiger partial charge in [0.2, 0.25) is 23.1 Å². The zero-order chi connectivity index (χ0) is 33.5. The largest absolute Gasteiger partial charge is 0.497 e. The van der Waals surface area contributed by atoms with Crippen LogP contribution >= 0.6 is 0 Å². The number of ether oxygens (including phenoxy) is 5. The van der Waals surface area contributed by atoms with Crippen LogP contribution in [-0.2, 0) is 30.8 Å². The van der Waals surface area contributed by atoms with Gasteiger partial charge in [0, 0.05) is 58.2 Å². The quantitative estimate of drug-likeness (QED) is 0.288. The van der Waals surface area contributed by atoms with Gasteiger partial charge >= 0.3 is 0 Å². The number of aliphatic hydroxyl groups excluding tert-OH is 1. The van der Waals surface area contributed by atoms with Crippen molar-refractivity contribution in [3.8, 4) is 17.2 Å². The van der Waals surface area contributed by atoms with E-state index >= 15 is 0 Å². The minimum atomic E-state index is -3.92. The Morgan fingerprint density at radius 1 is 0.958 bits per heavy atom. The molecule has 1 fully saturated rings. The number of aliphatic hydroxyl groups is 1. The number of amides is 1. The molecule has 12 nitrogen and oxygen atoms in total. The van der Waals surface area contributed by atoms with Gasteiger partial charge in [0.15, 0.2) is 17.3 Å². The molecule has 0 radical (unpaired) electrons. The molecule has 48 heavy (non-hydrogen) atoms. The van der Waals surface area contributed by atoms with Crippen LogP contribution in [-0.4, -0.2) is 106 Å². The van der Waals surface area contributed by atoms with Crippen molar-refractivity contribution in [1.29, 1.82) is 0 Å². The maximum atomic E-state index is 13.8. The molecular weight excluding hydrogens is 638 g/mol. The number of rotatable bonds is 13. The third-order valence-electron chi connectivity index (χ3n) is 8.69. The van der Waals surface area contributed by atoms with E-state index in [0.29, 0.717) is 36.8 Å². The Morgan fingerprint density at radius 3 is 2.44 bits per heavy atom. The van der Waals surface area contributed by atoms with E-state index < -0.39 is 16.3 Å². The summed E-state index contributed by atoms with van der Waals surface area (Å²) in [7, 11) is -2.41. The summed E-state index contributed by atoms with van der Waals surface area (Å²) in [4.78, 5) is 18.0. The second-order valence-corrected chi connectivity index (χ2v) is 13.7. The minimum Gasteiger partial charge on any atom is -0.497 e. The summed E-state index contributed by atoms with van der Waals surface area (Å²) in [5, 5.41) is 9.65. The second kappa shape index (κ2) is 15.4. The van der Waals surface area contributed by atoms with E-state index in [9.17, 15) is 18.3 Å². The van der Waals surface area contributed by atoms with Gasteiger partial charge in [0.25, 0.3) is 5.91 Å². The third-order valence-corrected chi connectivity index (χ3v) is 10.6. The third kappa shape index (κ3) is 7.93. The first-order valence-corrected chi connectivity index (χ1v) is 17.5. The van der Waals surface area contributed by atoms with Crippen LogP contribution in [0.15, 0.2) is 89.5 Å². The Kier molecular flexibility index (Phi) is 10.8. The van der Waals surface area contributed by atoms with Crippen LogP contribution in [0, 0.1) is 0 Å². The fourth-order valence-corrected chi connectivity index (χ4v) is 7.45. The van der Waals surface area contributed by atoms with Gasteiger partial charge in [-0.25, -0.2) is 8.42 Å². The molecule has 0 spiro atoms. The number of fused-ring (bicyclic) bond motifs is 1. The molecule has 3 aromatic carbocycles. The Balaban J connectivity index is 1.13. The van der Waals surface area contributed by atoms with Crippen molar-refractivity contribution in [3.05, 3.63) is 95.8 Å². The maximum absolute atomic E-state index is 13.8. The summed E-state index contributed by atoms with van der Waals surface area (Å²) in [6, 6.07) is 22.0. The molecule has 3 heterocycles. The van der Waals surface area contributed by atoms with Gasteiger partial charge in [-0.3, -0.25) is 9.69 Å². The Morgan fingerprint density at radius 2 is 1.71 bits per heavy atom. The zero-order valence-electron chi connectivity index (χ0n) is 26.9. The Bertz CT molecular complexity index is 1680. The van der Waals surface area contributed by atoms with E-state index in [4.69, 9.17) is 23.7 Å². The van der Waals surface area contributed by atoms with Crippen LogP contribution in [0.5, 0.6) is 17.2 Å². The highest BCUT2D eigenvalue weighted by Gasteiger charge is 2.33. The van der Waals surface area contributed by atoms with Gasteiger partial charge in [0.05, 0.1) is 25.2 Å². The van der Waals surface area contributed by atoms with Crippen molar-refractivity contribution in [1.82, 2.24) is 14.1 Å². The number of allylic oxidation sites excluding steroid dienone is 1. The molecule has 1 saturated heterocycles. The lowest BCUT2D eigenvalue weighted by Crippen LogP contribution is -2.49. The number of benzene rings is 3. The number of carbonyl (C=O) groups excluding carboxylic acids is 1. The molecule has 0 aromatic heterocycles. The first-order chi connectivity index (χ1) is 23.3. The highest BCUT2D eigenvalue weighted by Crippen LogP contribution is 2.38. The molecule has 3 aliphatic heterocycles. The van der Waals surface area contributed by atoms with Crippen molar-refractivity contribution in [2.75, 3.05) is 66.4 Å². The fraction of sp³-hybridized carbons (Fsp3) is 0.400. The summed E-state index contributed by atoms with van der Waals surface area (Å²) >= 11 is 0. The standard InChI is InChI=1S/C35H41N3O9S/c1-43-29-8-10-30(11-9-29)48(41,42)38(17-19-39)18-20-44-34-23-28(27-7-12-31-32(21-27)46-25-45-31)22-33(47-34)35(40)37-15-13-36(14-16-37)24-26-5-3-2-4-6-26/h2-12,21-22,28,34,39H,13-20,23-25H2,1H3/t28-,34+/m1/s1. The van der Waals surface area contributed by atoms with Crippen LogP contribution in [0.25, 0.3) is 0 Å². The summed E-state index contributed by atoms with van der Waals surface area (Å²) < 4.78 is 56.4. The van der Waals surface area contributed by atoms with Crippen LogP contribution in [0.3, 0.4) is 0 Å². The highest BCUT2D eigenvalue weighted by molar-refractivity contribution is 7.89. The monoisotopic (exact) mass is 679 g/mol. The molecule has 6 rings (SSSR count). The van der Waals surface area contributed by atoms with E-state index in [1.54, 1.807) is 17.0 Å². The molecule has 3 aliphatic rings. The zero-order valence-corrected chi connectivity index (χ0v) is 27.7. The first-order valence-electron chi connectivity index (χ1n) is 16.0. The predicted octanol–water partition coefficient (Wildman–Crippen LogP) is 3.18. The molecule has 0 saturated carbocycles. The van der Waals surface area contributed by atoms with Gasteiger partial charge in [-0.15, -0.1) is 0 Å². The van der Waals surface area contributed by atoms with Crippen LogP contribution in [0.4, 0.5) is 0 Å². The van der Waals surface area contributed by atoms with E-state index in [2.05, 4.69) is 17.0 Å². The van der Waals surface area contributed by atoms with E-state index in [0.717, 1.165) is 25.2 Å². The molecule has 256 valence electrons. The minimum absolute atomic E-state index is 0.0203. The number of piperazine rings is 1. The van der Waals surface area contributed by atoms with Crippen molar-refractivity contribution in [3.63, 3.8) is 0 Å². The van der Waals surface area contributed by atoms with E-state index in [-0.39, 0.29) is 55.6 Å². The number of methoxy groups -OCH3 is 1. The topological polar surface area (TPSA) is 127 Å². The lowest BCUT2D eigenvalue weighted by atomic mass is 9.92. The van der Waals surface area contributed by atoms with E-state index in [1.807, 2.05) is 42.5 Å². The molecule has 1 N–H and O–H groups in total. The molecule has 3 aromatic rings. The number of hydrogen-bond donors (Lipinski definition) is 1. The van der Waals surface area contributed by atoms with Crippen molar-refractivity contribution < 1.29 is 42.0 Å². The Labute approximate surface area is 281 Å². The van der Waals surface area contributed by atoms with Gasteiger partial charge in [-0.05, 0) is 53.6 Å². The van der Waals surface area contributed by atoms with Crippen molar-refractivity contribution >= 4 is 15.9 Å². The molecule has 2 atom stereocenters. The average Bonchev–Trinajstić information content (AvgIpc) is 3.60. The van der Waals surface area contributed by atoms with Crippen LogP contribution in [0.2, 0.25) is 0 Å². The number of carbonyl (C=O) groups is 1. The van der Waals surface area contributed by atoms with E-state index in [1.165, 1.54) is 29.1 Å². The lowest BCUT2D eigenvalue weighted by Gasteiger charge is -2.36. The molecule has 0 aliphatic carbocycles. The van der Waals surface area contributed by atoms with Crippen molar-refractivity contribution in [2.24, 2.45) is 0 Å². The molecule has 1 amide bonds. The maximum Gasteiger partial charge on any atom is 0.288 e. The highest BCUT2D eigenvalue weighted by atomic mass is 32.2. The normalized spacial score (nSPS) is 19.6. The summed E-state index contributed by atoms with van der Waals surface area (Å²) in [5.74, 6) is 1.59. The SMILES string of the molecule is COc1ccc(S(=O)(=O)N(CCO)CCO[C@@H]2C[C@H](c3ccc4c(c3)OCO4)C=C(C(=O)N3CCN(Cc4ccccc4)CC3)O2)cc1. The summed E-state index contributed by atoms with van der Waals surface area (Å²) in [6.45, 7) is 3.06.